The van der Waals surface area contributed by atoms with Gasteiger partial charge in [-0.05, 0) is 64.9 Å². The van der Waals surface area contributed by atoms with Gasteiger partial charge >= 0.3 is 0 Å². The third-order valence-corrected chi connectivity index (χ3v) is 4.47. The molecule has 0 N–H and O–H groups in total. The Balaban J connectivity index is 2.20. The van der Waals surface area contributed by atoms with Crippen LogP contribution in [0.5, 0.6) is 0 Å². The first-order chi connectivity index (χ1) is 10.2. The van der Waals surface area contributed by atoms with Crippen LogP contribution in [0, 0.1) is 3.57 Å². The van der Waals surface area contributed by atoms with E-state index in [0.717, 1.165) is 35.4 Å². The molecule has 3 aromatic rings. The fraction of sp³-hybridized carbons (Fsp3) is 0.235. The second-order valence-electron chi connectivity index (χ2n) is 4.96. The maximum absolute atomic E-state index is 5.95. The zero-order valence-electron chi connectivity index (χ0n) is 11.8. The van der Waals surface area contributed by atoms with E-state index in [0.29, 0.717) is 5.88 Å². The molecular weight excluding hydrogens is 395 g/mol. The van der Waals surface area contributed by atoms with Crippen LogP contribution in [0.15, 0.2) is 42.5 Å². The molecule has 0 saturated carbocycles. The molecule has 0 atom stereocenters. The minimum Gasteiger partial charge on any atom is -0.296 e. The number of hydrogen-bond donors (Lipinski definition) is 0. The van der Waals surface area contributed by atoms with E-state index in [1.165, 1.54) is 9.13 Å². The maximum Gasteiger partial charge on any atom is 0.115 e. The number of benzene rings is 2. The van der Waals surface area contributed by atoms with Crippen molar-refractivity contribution >= 4 is 45.2 Å². The zero-order chi connectivity index (χ0) is 14.8. The predicted octanol–water partition coefficient (Wildman–Crippen LogP) is 4.97. The van der Waals surface area contributed by atoms with Gasteiger partial charge < -0.3 is 0 Å². The minimum atomic E-state index is 0.577. The summed E-state index contributed by atoms with van der Waals surface area (Å²) in [7, 11) is 0. The number of halogens is 2. The highest BCUT2D eigenvalue weighted by Crippen LogP contribution is 2.24. The number of rotatable bonds is 4. The molecule has 0 radical (unpaired) electrons. The van der Waals surface area contributed by atoms with E-state index >= 15 is 0 Å². The molecule has 0 aliphatic carbocycles. The summed E-state index contributed by atoms with van der Waals surface area (Å²) >= 11 is 8.27. The van der Waals surface area contributed by atoms with Crippen LogP contribution in [-0.2, 0) is 12.8 Å². The van der Waals surface area contributed by atoms with Crippen LogP contribution in [0.3, 0.4) is 0 Å². The van der Waals surface area contributed by atoms with Crippen LogP contribution in [0.1, 0.15) is 18.3 Å². The summed E-state index contributed by atoms with van der Waals surface area (Å²) in [6, 6.07) is 15.0. The standard InChI is InChI=1S/C17H16ClIN2/c1-2-12-3-6-14(7-4-12)21-16-8-5-13(19)11-15(16)20-17(21)9-10-18/h3-8,11H,2,9-10H2,1H3. The van der Waals surface area contributed by atoms with Crippen LogP contribution < -0.4 is 0 Å². The van der Waals surface area contributed by atoms with Gasteiger partial charge in [0.25, 0.3) is 0 Å². The fourth-order valence-corrected chi connectivity index (χ4v) is 3.17. The van der Waals surface area contributed by atoms with Crippen LogP contribution in [0.4, 0.5) is 0 Å². The molecule has 0 amide bonds. The lowest BCUT2D eigenvalue weighted by molar-refractivity contribution is 0.911. The number of imidazole rings is 1. The zero-order valence-corrected chi connectivity index (χ0v) is 14.7. The lowest BCUT2D eigenvalue weighted by atomic mass is 10.1. The Morgan fingerprint density at radius 3 is 2.57 bits per heavy atom. The molecule has 108 valence electrons. The SMILES string of the molecule is CCc1ccc(-n2c(CCCl)nc3cc(I)ccc32)cc1. The van der Waals surface area contributed by atoms with Crippen molar-refractivity contribution < 1.29 is 0 Å². The van der Waals surface area contributed by atoms with Crippen molar-refractivity contribution in [1.82, 2.24) is 9.55 Å². The van der Waals surface area contributed by atoms with Crippen molar-refractivity contribution in [2.24, 2.45) is 0 Å². The largest absolute Gasteiger partial charge is 0.296 e. The smallest absolute Gasteiger partial charge is 0.115 e. The first-order valence-electron chi connectivity index (χ1n) is 7.05. The number of nitrogens with zero attached hydrogens (tertiary/aromatic N) is 2. The van der Waals surface area contributed by atoms with Crippen molar-refractivity contribution in [2.45, 2.75) is 19.8 Å². The Labute approximate surface area is 143 Å². The highest BCUT2D eigenvalue weighted by Gasteiger charge is 2.12. The van der Waals surface area contributed by atoms with E-state index in [-0.39, 0.29) is 0 Å². The topological polar surface area (TPSA) is 17.8 Å². The quantitative estimate of drug-likeness (QED) is 0.438. The molecule has 2 nitrogen and oxygen atoms in total. The summed E-state index contributed by atoms with van der Waals surface area (Å²) in [5, 5.41) is 0. The average molecular weight is 411 g/mol. The second kappa shape index (κ2) is 6.36. The van der Waals surface area contributed by atoms with Gasteiger partial charge in [-0.3, -0.25) is 4.57 Å². The van der Waals surface area contributed by atoms with Gasteiger partial charge in [-0.25, -0.2) is 4.98 Å². The highest BCUT2D eigenvalue weighted by atomic mass is 127. The van der Waals surface area contributed by atoms with E-state index in [9.17, 15) is 0 Å². The molecule has 0 bridgehead atoms. The fourth-order valence-electron chi connectivity index (χ4n) is 2.52. The van der Waals surface area contributed by atoms with E-state index in [4.69, 9.17) is 16.6 Å². The molecule has 0 aliphatic heterocycles. The summed E-state index contributed by atoms with van der Waals surface area (Å²) in [6.07, 6.45) is 1.82. The second-order valence-corrected chi connectivity index (χ2v) is 6.58. The first kappa shape index (κ1) is 14.9. The minimum absolute atomic E-state index is 0.577. The Bertz CT molecular complexity index is 762. The molecule has 0 unspecified atom stereocenters. The summed E-state index contributed by atoms with van der Waals surface area (Å²) in [5.41, 5.74) is 4.66. The molecule has 21 heavy (non-hydrogen) atoms. The van der Waals surface area contributed by atoms with Crippen LogP contribution in [0.25, 0.3) is 16.7 Å². The van der Waals surface area contributed by atoms with Crippen molar-refractivity contribution in [3.8, 4) is 5.69 Å². The number of fused-ring (bicyclic) bond motifs is 1. The van der Waals surface area contributed by atoms with Gasteiger partial charge in [0.15, 0.2) is 0 Å². The van der Waals surface area contributed by atoms with Crippen molar-refractivity contribution in [2.75, 3.05) is 5.88 Å². The van der Waals surface area contributed by atoms with Crippen molar-refractivity contribution in [3.63, 3.8) is 0 Å². The Hall–Kier alpha value is -1.07. The number of aromatic nitrogens is 2. The van der Waals surface area contributed by atoms with Gasteiger partial charge in [0.05, 0.1) is 11.0 Å². The van der Waals surface area contributed by atoms with Crippen molar-refractivity contribution in [1.29, 1.82) is 0 Å². The van der Waals surface area contributed by atoms with E-state index in [2.05, 4.69) is 76.5 Å². The molecule has 1 aromatic heterocycles. The van der Waals surface area contributed by atoms with Crippen LogP contribution in [0.2, 0.25) is 0 Å². The van der Waals surface area contributed by atoms with E-state index in [1.54, 1.807) is 0 Å². The molecule has 0 fully saturated rings. The first-order valence-corrected chi connectivity index (χ1v) is 8.66. The Morgan fingerprint density at radius 1 is 1.14 bits per heavy atom. The van der Waals surface area contributed by atoms with E-state index in [1.807, 2.05) is 0 Å². The predicted molar refractivity (Wildman–Crippen MR) is 97.6 cm³/mol. The summed E-state index contributed by atoms with van der Waals surface area (Å²) in [6.45, 7) is 2.17. The van der Waals surface area contributed by atoms with Gasteiger partial charge in [0.2, 0.25) is 0 Å². The number of hydrogen-bond acceptors (Lipinski definition) is 1. The molecule has 2 aromatic carbocycles. The molecular formula is C17H16ClIN2. The van der Waals surface area contributed by atoms with E-state index < -0.39 is 0 Å². The third kappa shape index (κ3) is 2.94. The molecule has 0 saturated heterocycles. The van der Waals surface area contributed by atoms with Gasteiger partial charge in [-0.1, -0.05) is 19.1 Å². The number of aryl methyl sites for hydroxylation is 2. The average Bonchev–Trinajstić information content (AvgIpc) is 2.85. The Morgan fingerprint density at radius 2 is 1.90 bits per heavy atom. The lowest BCUT2D eigenvalue weighted by Crippen LogP contribution is -2.02. The molecule has 1 heterocycles. The van der Waals surface area contributed by atoms with Gasteiger partial charge in [-0.15, -0.1) is 11.6 Å². The highest BCUT2D eigenvalue weighted by molar-refractivity contribution is 14.1. The van der Waals surface area contributed by atoms with Gasteiger partial charge in [0, 0.05) is 21.6 Å². The van der Waals surface area contributed by atoms with Crippen molar-refractivity contribution in [3.05, 3.63) is 57.4 Å². The van der Waals surface area contributed by atoms with Crippen LogP contribution in [-0.4, -0.2) is 15.4 Å². The Kier molecular flexibility index (Phi) is 4.50. The number of alkyl halides is 1. The maximum atomic E-state index is 5.95. The monoisotopic (exact) mass is 410 g/mol. The lowest BCUT2D eigenvalue weighted by Gasteiger charge is -2.09. The van der Waals surface area contributed by atoms with Crippen LogP contribution >= 0.6 is 34.2 Å². The normalized spacial score (nSPS) is 11.2. The molecule has 0 aliphatic rings. The molecule has 3 rings (SSSR count). The summed E-state index contributed by atoms with van der Waals surface area (Å²) in [4.78, 5) is 4.76. The summed E-state index contributed by atoms with van der Waals surface area (Å²) < 4.78 is 3.41. The van der Waals surface area contributed by atoms with Gasteiger partial charge in [0.1, 0.15) is 5.82 Å². The summed E-state index contributed by atoms with van der Waals surface area (Å²) in [5.74, 6) is 1.60. The molecule has 0 spiro atoms. The third-order valence-electron chi connectivity index (χ3n) is 3.61. The van der Waals surface area contributed by atoms with Gasteiger partial charge in [-0.2, -0.15) is 0 Å². The molecule has 4 heteroatoms.